The van der Waals surface area contributed by atoms with Gasteiger partial charge in [0.15, 0.2) is 40.9 Å². The van der Waals surface area contributed by atoms with Crippen LogP contribution in [0.3, 0.4) is 0 Å². The van der Waals surface area contributed by atoms with Gasteiger partial charge in [0.2, 0.25) is 0 Å². The third-order valence-corrected chi connectivity index (χ3v) is 16.8. The number of carbonyl (C=O) groups is 1. The second-order valence-corrected chi connectivity index (χ2v) is 21.9. The smallest absolute Gasteiger partial charge is 0.330 e. The van der Waals surface area contributed by atoms with Crippen molar-refractivity contribution in [3.63, 3.8) is 0 Å². The second kappa shape index (κ2) is 8.75. The normalized spacial score (nSPS) is 29.5. The molecule has 11 nitrogen and oxygen atoms in total. The fourth-order valence-electron chi connectivity index (χ4n) is 3.61. The van der Waals surface area contributed by atoms with E-state index in [0.29, 0.717) is 0 Å². The number of H-pyrrole nitrogens is 1. The van der Waals surface area contributed by atoms with E-state index in [2.05, 4.69) is 78.1 Å². The van der Waals surface area contributed by atoms with E-state index in [1.165, 1.54) is 16.8 Å². The summed E-state index contributed by atoms with van der Waals surface area (Å²) >= 11 is 0. The molecule has 2 aliphatic heterocycles. The van der Waals surface area contributed by atoms with Gasteiger partial charge in [-0.3, -0.25) is 24.6 Å². The monoisotopic (exact) mass is 528 g/mol. The van der Waals surface area contributed by atoms with E-state index in [9.17, 15) is 14.4 Å². The summed E-state index contributed by atoms with van der Waals surface area (Å²) in [5.74, 6) is 4.92. The summed E-state index contributed by atoms with van der Waals surface area (Å²) < 4.78 is 27.1. The fraction of sp³-hybridized carbons (Fsp3) is 0.773. The predicted molar refractivity (Wildman–Crippen MR) is 136 cm³/mol. The number of epoxide rings is 1. The summed E-state index contributed by atoms with van der Waals surface area (Å²) in [5.41, 5.74) is -0.343. The lowest BCUT2D eigenvalue weighted by Crippen LogP contribution is -2.55. The van der Waals surface area contributed by atoms with Crippen LogP contribution in [0, 0.1) is 0 Å². The number of nitrogens with one attached hydrogen (secondary N) is 2. The molecule has 13 heteroatoms. The number of carbonyl (C=O) groups excluding carboxylic acids is 1. The SMILES string of the molecule is CC(C)(C)[Si](C)(C)O[C@H]1O[C@@H](n2ccc(=O)[nH]c2=O)[C@H](O[Si](C)(C)C(C)(C)C)[C@@]12O[C@H]2C(=O)NN. The molecule has 0 saturated carbocycles. The molecule has 1 spiro atoms. The third-order valence-electron chi connectivity index (χ3n) is 7.95. The van der Waals surface area contributed by atoms with Crippen LogP contribution in [0.4, 0.5) is 0 Å². The standard InChI is InChI=1S/C22H40N4O7Si2/c1-20(2,3)34(7,8)32-15-17(26-12-11-13(27)24-19(26)29)30-18(33-35(9,10)21(4,5)6)22(15)14(31-22)16(28)25-23/h11-12,14-15,17-18H,23H2,1-10H3,(H,25,28)(H,24,27,29)/t14-,15-,17+,18+,22+/m0/s1. The lowest BCUT2D eigenvalue weighted by atomic mass is 9.98. The largest absolute Gasteiger partial charge is 0.406 e. The average molecular weight is 529 g/mol. The van der Waals surface area contributed by atoms with Gasteiger partial charge in [-0.15, -0.1) is 0 Å². The molecule has 3 heterocycles. The van der Waals surface area contributed by atoms with Gasteiger partial charge >= 0.3 is 5.69 Å². The molecule has 0 aromatic carbocycles. The molecule has 2 fully saturated rings. The summed E-state index contributed by atoms with van der Waals surface area (Å²) in [5, 5.41) is -0.353. The first-order valence-corrected chi connectivity index (χ1v) is 17.6. The molecule has 0 bridgehead atoms. The maximum atomic E-state index is 12.8. The molecular weight excluding hydrogens is 488 g/mol. The van der Waals surface area contributed by atoms with Crippen LogP contribution in [0.5, 0.6) is 0 Å². The highest BCUT2D eigenvalue weighted by Gasteiger charge is 2.78. The van der Waals surface area contributed by atoms with E-state index in [1.807, 2.05) is 0 Å². The topological polar surface area (TPSA) is 150 Å². The van der Waals surface area contributed by atoms with E-state index in [0.717, 1.165) is 0 Å². The summed E-state index contributed by atoms with van der Waals surface area (Å²) in [6.45, 7) is 20.8. The number of aromatic nitrogens is 2. The number of nitrogens with zero attached hydrogens (tertiary/aromatic N) is 1. The Morgan fingerprint density at radius 2 is 1.63 bits per heavy atom. The Kier molecular flexibility index (Phi) is 6.99. The predicted octanol–water partition coefficient (Wildman–Crippen LogP) is 1.93. The average Bonchev–Trinajstić information content (AvgIpc) is 3.38. The van der Waals surface area contributed by atoms with Gasteiger partial charge in [-0.05, 0) is 36.3 Å². The number of rotatable bonds is 6. The van der Waals surface area contributed by atoms with Crippen molar-refractivity contribution in [2.75, 3.05) is 0 Å². The number of ether oxygens (including phenoxy) is 2. The molecular formula is C22H40N4O7Si2. The fourth-order valence-corrected chi connectivity index (χ4v) is 6.03. The highest BCUT2D eigenvalue weighted by Crippen LogP contribution is 2.57. The molecule has 4 N–H and O–H groups in total. The highest BCUT2D eigenvalue weighted by atomic mass is 28.4. The van der Waals surface area contributed by atoms with Crippen LogP contribution < -0.4 is 22.5 Å². The van der Waals surface area contributed by atoms with Crippen molar-refractivity contribution in [3.8, 4) is 0 Å². The summed E-state index contributed by atoms with van der Waals surface area (Å²) in [4.78, 5) is 39.5. The maximum Gasteiger partial charge on any atom is 0.330 e. The zero-order valence-electron chi connectivity index (χ0n) is 22.3. The lowest BCUT2D eigenvalue weighted by Gasteiger charge is -2.41. The first kappa shape index (κ1) is 28.0. The molecule has 1 aromatic rings. The minimum Gasteiger partial charge on any atom is -0.406 e. The highest BCUT2D eigenvalue weighted by molar-refractivity contribution is 6.74. The zero-order chi connectivity index (χ0) is 26.8. The van der Waals surface area contributed by atoms with Crippen LogP contribution in [-0.2, 0) is 23.1 Å². The van der Waals surface area contributed by atoms with E-state index < -0.39 is 64.1 Å². The van der Waals surface area contributed by atoms with Crippen LogP contribution >= 0.6 is 0 Å². The second-order valence-electron chi connectivity index (χ2n) is 12.4. The van der Waals surface area contributed by atoms with Gasteiger partial charge in [-0.25, -0.2) is 10.6 Å². The minimum atomic E-state index is -2.48. The first-order valence-electron chi connectivity index (χ1n) is 11.8. The Balaban J connectivity index is 2.17. The van der Waals surface area contributed by atoms with Crippen molar-refractivity contribution in [1.82, 2.24) is 15.0 Å². The molecule has 0 unspecified atom stereocenters. The van der Waals surface area contributed by atoms with Gasteiger partial charge in [0.05, 0.1) is 0 Å². The van der Waals surface area contributed by atoms with Crippen LogP contribution in [-0.4, -0.2) is 56.2 Å². The van der Waals surface area contributed by atoms with Crippen LogP contribution in [0.15, 0.2) is 21.9 Å². The van der Waals surface area contributed by atoms with Crippen LogP contribution in [0.2, 0.25) is 36.3 Å². The third kappa shape index (κ3) is 4.87. The Morgan fingerprint density at radius 3 is 2.11 bits per heavy atom. The Labute approximate surface area is 207 Å². The van der Waals surface area contributed by atoms with Crippen molar-refractivity contribution in [2.24, 2.45) is 5.84 Å². The van der Waals surface area contributed by atoms with E-state index in [1.54, 1.807) is 0 Å². The molecule has 0 aliphatic carbocycles. The van der Waals surface area contributed by atoms with Crippen LogP contribution in [0.1, 0.15) is 47.8 Å². The lowest BCUT2D eigenvalue weighted by molar-refractivity contribution is -0.127. The van der Waals surface area contributed by atoms with Crippen molar-refractivity contribution in [2.45, 2.75) is 108 Å². The molecule has 198 valence electrons. The van der Waals surface area contributed by atoms with Gasteiger partial charge in [-0.1, -0.05) is 41.5 Å². The van der Waals surface area contributed by atoms with E-state index >= 15 is 0 Å². The van der Waals surface area contributed by atoms with Crippen molar-refractivity contribution in [3.05, 3.63) is 33.1 Å². The molecule has 1 aromatic heterocycles. The summed E-state index contributed by atoms with van der Waals surface area (Å²) in [6, 6.07) is 1.24. The Morgan fingerprint density at radius 1 is 1.09 bits per heavy atom. The van der Waals surface area contributed by atoms with E-state index in [4.69, 9.17) is 24.2 Å². The number of hydrazine groups is 1. The molecule has 2 saturated heterocycles. The molecule has 3 rings (SSSR count). The molecule has 0 radical (unpaired) electrons. The van der Waals surface area contributed by atoms with E-state index in [-0.39, 0.29) is 10.1 Å². The van der Waals surface area contributed by atoms with Gasteiger partial charge < -0.3 is 18.3 Å². The minimum absolute atomic E-state index is 0.166. The molecule has 35 heavy (non-hydrogen) atoms. The van der Waals surface area contributed by atoms with Gasteiger partial charge in [-0.2, -0.15) is 0 Å². The molecule has 2 aliphatic rings. The Bertz CT molecular complexity index is 1090. The summed E-state index contributed by atoms with van der Waals surface area (Å²) in [6.07, 6.45) is -2.50. The Hall–Kier alpha value is -1.62. The van der Waals surface area contributed by atoms with Crippen molar-refractivity contribution >= 4 is 22.5 Å². The number of nitrogens with two attached hydrogens (primary N) is 1. The van der Waals surface area contributed by atoms with Gasteiger partial charge in [0.25, 0.3) is 11.5 Å². The number of hydrogen-bond donors (Lipinski definition) is 3. The summed E-state index contributed by atoms with van der Waals surface area (Å²) in [7, 11) is -4.90. The number of aromatic amines is 1. The zero-order valence-corrected chi connectivity index (χ0v) is 24.3. The number of hydrogen-bond acceptors (Lipinski definition) is 8. The van der Waals surface area contributed by atoms with Gasteiger partial charge in [0.1, 0.15) is 6.10 Å². The molecule has 1 amide bonds. The quantitative estimate of drug-likeness (QED) is 0.167. The van der Waals surface area contributed by atoms with Crippen molar-refractivity contribution < 1.29 is 23.1 Å². The van der Waals surface area contributed by atoms with Gasteiger partial charge in [0, 0.05) is 12.3 Å². The molecule has 5 atom stereocenters. The number of amides is 1. The van der Waals surface area contributed by atoms with Crippen LogP contribution in [0.25, 0.3) is 0 Å². The maximum absolute atomic E-state index is 12.8. The first-order chi connectivity index (χ1) is 15.8. The van der Waals surface area contributed by atoms with Crippen molar-refractivity contribution in [1.29, 1.82) is 0 Å².